The Labute approximate surface area is 96.7 Å². The van der Waals surface area contributed by atoms with Gasteiger partial charge in [-0.15, -0.1) is 0 Å². The summed E-state index contributed by atoms with van der Waals surface area (Å²) < 4.78 is 0. The van der Waals surface area contributed by atoms with Gasteiger partial charge in [0.1, 0.15) is 0 Å². The van der Waals surface area contributed by atoms with Crippen LogP contribution in [0.25, 0.3) is 0 Å². The van der Waals surface area contributed by atoms with Crippen molar-refractivity contribution in [3.63, 3.8) is 0 Å². The van der Waals surface area contributed by atoms with E-state index in [2.05, 4.69) is 0 Å². The molecule has 0 rings (SSSR count). The maximum absolute atomic E-state index is 10.7. The van der Waals surface area contributed by atoms with Gasteiger partial charge in [-0.1, -0.05) is 26.7 Å². The third-order valence-electron chi connectivity index (χ3n) is 2.86. The van der Waals surface area contributed by atoms with Gasteiger partial charge in [-0.3, -0.25) is 9.59 Å². The SMILES string of the molecule is CCCC(CC(=O)O)C(CCC)CC(=O)O. The fourth-order valence-corrected chi connectivity index (χ4v) is 2.20. The van der Waals surface area contributed by atoms with E-state index in [0.29, 0.717) is 0 Å². The molecule has 0 aromatic rings. The summed E-state index contributed by atoms with van der Waals surface area (Å²) in [6.07, 6.45) is 3.57. The van der Waals surface area contributed by atoms with Crippen LogP contribution >= 0.6 is 0 Å². The van der Waals surface area contributed by atoms with Gasteiger partial charge in [-0.25, -0.2) is 0 Å². The summed E-state index contributed by atoms with van der Waals surface area (Å²) in [5.74, 6) is -1.66. The lowest BCUT2D eigenvalue weighted by molar-refractivity contribution is -0.142. The summed E-state index contributed by atoms with van der Waals surface area (Å²) in [5, 5.41) is 17.6. The number of carboxylic acids is 2. The van der Waals surface area contributed by atoms with E-state index >= 15 is 0 Å². The maximum Gasteiger partial charge on any atom is 0.303 e. The number of hydrogen-bond acceptors (Lipinski definition) is 2. The largest absolute Gasteiger partial charge is 0.481 e. The van der Waals surface area contributed by atoms with E-state index in [1.165, 1.54) is 0 Å². The highest BCUT2D eigenvalue weighted by Gasteiger charge is 2.24. The minimum Gasteiger partial charge on any atom is -0.481 e. The summed E-state index contributed by atoms with van der Waals surface area (Å²) >= 11 is 0. The summed E-state index contributed by atoms with van der Waals surface area (Å²) in [4.78, 5) is 21.5. The molecule has 0 radical (unpaired) electrons. The van der Waals surface area contributed by atoms with Gasteiger partial charge in [0.05, 0.1) is 0 Å². The lowest BCUT2D eigenvalue weighted by atomic mass is 9.81. The zero-order valence-corrected chi connectivity index (χ0v) is 10.1. The minimum absolute atomic E-state index is 0.00134. The Balaban J connectivity index is 4.49. The zero-order valence-electron chi connectivity index (χ0n) is 10.1. The molecule has 4 heteroatoms. The number of carbonyl (C=O) groups is 2. The molecule has 0 spiro atoms. The highest BCUT2D eigenvalue weighted by Crippen LogP contribution is 2.28. The van der Waals surface area contributed by atoms with Crippen LogP contribution < -0.4 is 0 Å². The minimum atomic E-state index is -0.829. The van der Waals surface area contributed by atoms with Crippen LogP contribution in [-0.4, -0.2) is 22.2 Å². The van der Waals surface area contributed by atoms with Crippen molar-refractivity contribution in [1.29, 1.82) is 0 Å². The summed E-state index contributed by atoms with van der Waals surface area (Å²) in [6, 6.07) is 0. The Morgan fingerprint density at radius 1 is 0.875 bits per heavy atom. The molecule has 16 heavy (non-hydrogen) atoms. The van der Waals surface area contributed by atoms with E-state index in [1.807, 2.05) is 13.8 Å². The number of carboxylic acid groups (broad SMARTS) is 2. The molecule has 0 aromatic heterocycles. The first kappa shape index (κ1) is 14.9. The van der Waals surface area contributed by atoms with Gasteiger partial charge < -0.3 is 10.2 Å². The molecular formula is C12H22O4. The first-order valence-corrected chi connectivity index (χ1v) is 5.94. The van der Waals surface area contributed by atoms with Crippen molar-refractivity contribution in [2.45, 2.75) is 52.4 Å². The average Bonchev–Trinajstić information content (AvgIpc) is 2.15. The number of rotatable bonds is 9. The molecule has 0 aromatic carbocycles. The molecule has 0 aliphatic carbocycles. The van der Waals surface area contributed by atoms with Gasteiger partial charge in [0, 0.05) is 12.8 Å². The van der Waals surface area contributed by atoms with Crippen molar-refractivity contribution in [2.24, 2.45) is 11.8 Å². The summed E-state index contributed by atoms with van der Waals surface area (Å²) in [6.45, 7) is 4.00. The van der Waals surface area contributed by atoms with Gasteiger partial charge in [0.15, 0.2) is 0 Å². The van der Waals surface area contributed by atoms with Gasteiger partial charge in [-0.05, 0) is 24.7 Å². The third kappa shape index (κ3) is 6.43. The fourth-order valence-electron chi connectivity index (χ4n) is 2.20. The summed E-state index contributed by atoms with van der Waals surface area (Å²) in [7, 11) is 0. The Hall–Kier alpha value is -1.06. The number of hydrogen-bond donors (Lipinski definition) is 2. The maximum atomic E-state index is 10.7. The average molecular weight is 230 g/mol. The fraction of sp³-hybridized carbons (Fsp3) is 0.833. The molecule has 2 unspecified atom stereocenters. The molecule has 0 fully saturated rings. The van der Waals surface area contributed by atoms with Crippen molar-refractivity contribution >= 4 is 11.9 Å². The van der Waals surface area contributed by atoms with Crippen LogP contribution in [-0.2, 0) is 9.59 Å². The number of aliphatic carboxylic acids is 2. The molecule has 0 amide bonds. The second kappa shape index (κ2) is 8.13. The molecule has 94 valence electrons. The van der Waals surface area contributed by atoms with Crippen LogP contribution in [0.2, 0.25) is 0 Å². The van der Waals surface area contributed by atoms with E-state index in [4.69, 9.17) is 10.2 Å². The monoisotopic (exact) mass is 230 g/mol. The van der Waals surface area contributed by atoms with Gasteiger partial charge in [0.25, 0.3) is 0 Å². The van der Waals surface area contributed by atoms with Crippen molar-refractivity contribution in [1.82, 2.24) is 0 Å². The molecule has 0 bridgehead atoms. The van der Waals surface area contributed by atoms with E-state index in [9.17, 15) is 9.59 Å². The van der Waals surface area contributed by atoms with E-state index in [0.717, 1.165) is 25.7 Å². The highest BCUT2D eigenvalue weighted by atomic mass is 16.4. The van der Waals surface area contributed by atoms with E-state index in [1.54, 1.807) is 0 Å². The summed E-state index contributed by atoms with van der Waals surface area (Å²) in [5.41, 5.74) is 0. The van der Waals surface area contributed by atoms with Crippen molar-refractivity contribution in [3.8, 4) is 0 Å². The Bertz CT molecular complexity index is 201. The predicted molar refractivity (Wildman–Crippen MR) is 61.3 cm³/mol. The van der Waals surface area contributed by atoms with Crippen LogP contribution in [0, 0.1) is 11.8 Å². The lowest BCUT2D eigenvalue weighted by Crippen LogP contribution is -2.21. The molecule has 4 nitrogen and oxygen atoms in total. The Kier molecular flexibility index (Phi) is 7.60. The van der Waals surface area contributed by atoms with Crippen LogP contribution in [0.4, 0.5) is 0 Å². The predicted octanol–water partition coefficient (Wildman–Crippen LogP) is 2.77. The van der Waals surface area contributed by atoms with Crippen LogP contribution in [0.3, 0.4) is 0 Å². The van der Waals surface area contributed by atoms with Crippen molar-refractivity contribution in [2.75, 3.05) is 0 Å². The molecule has 0 saturated heterocycles. The molecule has 2 N–H and O–H groups in total. The second-order valence-electron chi connectivity index (χ2n) is 4.29. The lowest BCUT2D eigenvalue weighted by Gasteiger charge is -2.24. The standard InChI is InChI=1S/C12H22O4/c1-3-5-9(7-11(13)14)10(6-4-2)8-12(15)16/h9-10H,3-8H2,1-2H3,(H,13,14)(H,15,16). The van der Waals surface area contributed by atoms with Crippen LogP contribution in [0.5, 0.6) is 0 Å². The zero-order chi connectivity index (χ0) is 12.6. The molecule has 0 saturated carbocycles. The smallest absolute Gasteiger partial charge is 0.303 e. The molecular weight excluding hydrogens is 208 g/mol. The Morgan fingerprint density at radius 3 is 1.38 bits per heavy atom. The first-order chi connectivity index (χ1) is 7.51. The van der Waals surface area contributed by atoms with Crippen molar-refractivity contribution < 1.29 is 19.8 Å². The molecule has 0 aliphatic rings. The van der Waals surface area contributed by atoms with Gasteiger partial charge in [-0.2, -0.15) is 0 Å². The van der Waals surface area contributed by atoms with E-state index < -0.39 is 11.9 Å². The normalized spacial score (nSPS) is 14.4. The quantitative estimate of drug-likeness (QED) is 0.638. The molecule has 0 heterocycles. The third-order valence-corrected chi connectivity index (χ3v) is 2.86. The molecule has 2 atom stereocenters. The van der Waals surface area contributed by atoms with Crippen LogP contribution in [0.1, 0.15) is 52.4 Å². The van der Waals surface area contributed by atoms with E-state index in [-0.39, 0.29) is 24.7 Å². The van der Waals surface area contributed by atoms with Crippen LogP contribution in [0.15, 0.2) is 0 Å². The Morgan fingerprint density at radius 2 is 1.19 bits per heavy atom. The molecule has 0 aliphatic heterocycles. The first-order valence-electron chi connectivity index (χ1n) is 5.94. The van der Waals surface area contributed by atoms with Gasteiger partial charge in [0.2, 0.25) is 0 Å². The highest BCUT2D eigenvalue weighted by molar-refractivity contribution is 5.68. The second-order valence-corrected chi connectivity index (χ2v) is 4.29. The van der Waals surface area contributed by atoms with Crippen molar-refractivity contribution in [3.05, 3.63) is 0 Å². The van der Waals surface area contributed by atoms with Gasteiger partial charge >= 0.3 is 11.9 Å². The topological polar surface area (TPSA) is 74.6 Å².